The molecule has 2 rings (SSSR count). The molecule has 1 heterocycles. The van der Waals surface area contributed by atoms with Crippen LogP contribution in [-0.4, -0.2) is 40.3 Å². The van der Waals surface area contributed by atoms with Gasteiger partial charge in [0.05, 0.1) is 6.54 Å². The number of hydrogen-bond donors (Lipinski definition) is 1. The summed E-state index contributed by atoms with van der Waals surface area (Å²) in [6.07, 6.45) is 2.18. The van der Waals surface area contributed by atoms with Crippen molar-refractivity contribution in [3.63, 3.8) is 0 Å². The van der Waals surface area contributed by atoms with Crippen LogP contribution < -0.4 is 0 Å². The second kappa shape index (κ2) is 3.64. The van der Waals surface area contributed by atoms with Crippen LogP contribution in [0.3, 0.4) is 0 Å². The van der Waals surface area contributed by atoms with E-state index in [1.165, 1.54) is 4.90 Å². The number of nitrogens with zero attached hydrogens (tertiary/aromatic N) is 1. The van der Waals surface area contributed by atoms with E-state index in [0.29, 0.717) is 0 Å². The van der Waals surface area contributed by atoms with E-state index in [-0.39, 0.29) is 37.0 Å². The van der Waals surface area contributed by atoms with E-state index in [2.05, 4.69) is 0 Å². The first-order valence-electron chi connectivity index (χ1n) is 5.14. The highest BCUT2D eigenvalue weighted by molar-refractivity contribution is 5.93. The van der Waals surface area contributed by atoms with Crippen LogP contribution in [0.5, 0.6) is 0 Å². The summed E-state index contributed by atoms with van der Waals surface area (Å²) in [5.41, 5.74) is 0. The molecule has 1 atom stereocenters. The number of Topliss-reactive ketones (excluding diaryl/α,β-unsaturated/α-hetero) is 1. The van der Waals surface area contributed by atoms with Gasteiger partial charge >= 0.3 is 5.97 Å². The van der Waals surface area contributed by atoms with Crippen LogP contribution >= 0.6 is 0 Å². The van der Waals surface area contributed by atoms with Gasteiger partial charge in [0.25, 0.3) is 0 Å². The Bertz CT molecular complexity index is 321. The Hall–Kier alpha value is -1.39. The van der Waals surface area contributed by atoms with Gasteiger partial charge < -0.3 is 10.0 Å². The Balaban J connectivity index is 2.11. The fourth-order valence-electron chi connectivity index (χ4n) is 1.89. The fraction of sp³-hybridized carbons (Fsp3) is 0.700. The van der Waals surface area contributed by atoms with Crippen LogP contribution in [0, 0.1) is 5.92 Å². The van der Waals surface area contributed by atoms with Crippen LogP contribution in [0.1, 0.15) is 25.7 Å². The molecule has 1 N–H and O–H groups in total. The average Bonchev–Trinajstić information content (AvgIpc) is 2.99. The lowest BCUT2D eigenvalue weighted by Gasteiger charge is -2.32. The largest absolute Gasteiger partial charge is 0.480 e. The number of hydrogen-bond acceptors (Lipinski definition) is 3. The molecular formula is C10H13NO4. The van der Waals surface area contributed by atoms with Crippen molar-refractivity contribution >= 4 is 17.7 Å². The zero-order valence-electron chi connectivity index (χ0n) is 8.31. The van der Waals surface area contributed by atoms with Crippen molar-refractivity contribution in [1.82, 2.24) is 4.90 Å². The highest BCUT2D eigenvalue weighted by Gasteiger charge is 2.41. The molecule has 2 fully saturated rings. The number of carbonyl (C=O) groups is 3. The van der Waals surface area contributed by atoms with Gasteiger partial charge in [-0.05, 0) is 19.3 Å². The smallest absolute Gasteiger partial charge is 0.326 e. The lowest BCUT2D eigenvalue weighted by molar-refractivity contribution is -0.154. The minimum absolute atomic E-state index is 0.0215. The molecule has 0 radical (unpaired) electrons. The topological polar surface area (TPSA) is 74.7 Å². The maximum Gasteiger partial charge on any atom is 0.326 e. The number of amides is 1. The van der Waals surface area contributed by atoms with Crippen LogP contribution in [0.25, 0.3) is 0 Å². The van der Waals surface area contributed by atoms with Crippen molar-refractivity contribution < 1.29 is 19.5 Å². The standard InChI is InChI=1S/C10H13NO4/c12-7-3-4-8(10(14)15)11(5-7)9(13)6-1-2-6/h6,8H,1-5H2,(H,14,15). The van der Waals surface area contributed by atoms with Gasteiger partial charge in [0.2, 0.25) is 5.91 Å². The molecule has 1 aliphatic carbocycles. The SMILES string of the molecule is O=C1CCC(C(=O)O)N(C(=O)C2CC2)C1. The molecule has 0 aromatic carbocycles. The van der Waals surface area contributed by atoms with Gasteiger partial charge in [0, 0.05) is 12.3 Å². The van der Waals surface area contributed by atoms with E-state index in [1.54, 1.807) is 0 Å². The molecule has 0 aromatic heterocycles. The molecule has 1 aliphatic heterocycles. The first-order valence-corrected chi connectivity index (χ1v) is 5.14. The Morgan fingerprint density at radius 2 is 1.93 bits per heavy atom. The van der Waals surface area contributed by atoms with Crippen molar-refractivity contribution in [1.29, 1.82) is 0 Å². The van der Waals surface area contributed by atoms with Crippen molar-refractivity contribution in [2.75, 3.05) is 6.54 Å². The minimum atomic E-state index is -1.00. The number of aliphatic carboxylic acids is 1. The van der Waals surface area contributed by atoms with Crippen LogP contribution in [0.2, 0.25) is 0 Å². The summed E-state index contributed by atoms with van der Waals surface area (Å²) in [6.45, 7) is -0.0215. The van der Waals surface area contributed by atoms with Gasteiger partial charge in [0.1, 0.15) is 6.04 Å². The second-order valence-electron chi connectivity index (χ2n) is 4.17. The predicted octanol–water partition coefficient (Wildman–Crippen LogP) is 0.0411. The highest BCUT2D eigenvalue weighted by atomic mass is 16.4. The molecular weight excluding hydrogens is 198 g/mol. The van der Waals surface area contributed by atoms with Gasteiger partial charge in [-0.2, -0.15) is 0 Å². The maximum atomic E-state index is 11.7. The number of likely N-dealkylation sites (tertiary alicyclic amines) is 1. The van der Waals surface area contributed by atoms with Gasteiger partial charge in [0.15, 0.2) is 5.78 Å². The van der Waals surface area contributed by atoms with E-state index in [0.717, 1.165) is 12.8 Å². The number of ketones is 1. The van der Waals surface area contributed by atoms with Crippen molar-refractivity contribution in [2.45, 2.75) is 31.7 Å². The first-order chi connectivity index (χ1) is 7.09. The molecule has 5 nitrogen and oxygen atoms in total. The molecule has 1 amide bonds. The fourth-order valence-corrected chi connectivity index (χ4v) is 1.89. The molecule has 0 aromatic rings. The average molecular weight is 211 g/mol. The molecule has 5 heteroatoms. The Kier molecular flexibility index (Phi) is 2.46. The normalized spacial score (nSPS) is 26.5. The van der Waals surface area contributed by atoms with E-state index in [9.17, 15) is 14.4 Å². The van der Waals surface area contributed by atoms with Crippen LogP contribution in [0.4, 0.5) is 0 Å². The third-order valence-electron chi connectivity index (χ3n) is 2.91. The monoisotopic (exact) mass is 211 g/mol. The number of carboxylic acids is 1. The van der Waals surface area contributed by atoms with E-state index < -0.39 is 12.0 Å². The van der Waals surface area contributed by atoms with Crippen molar-refractivity contribution in [3.05, 3.63) is 0 Å². The summed E-state index contributed by atoms with van der Waals surface area (Å²) in [6, 6.07) is -0.796. The maximum absolute atomic E-state index is 11.7. The number of piperidine rings is 1. The molecule has 82 valence electrons. The zero-order chi connectivity index (χ0) is 11.0. The quantitative estimate of drug-likeness (QED) is 0.699. The number of carbonyl (C=O) groups excluding carboxylic acids is 2. The summed E-state index contributed by atoms with van der Waals surface area (Å²) in [4.78, 5) is 35.1. The minimum Gasteiger partial charge on any atom is -0.480 e. The molecule has 0 bridgehead atoms. The number of rotatable bonds is 2. The predicted molar refractivity (Wildman–Crippen MR) is 50.1 cm³/mol. The molecule has 1 saturated carbocycles. The van der Waals surface area contributed by atoms with Gasteiger partial charge in [-0.1, -0.05) is 0 Å². The zero-order valence-corrected chi connectivity index (χ0v) is 8.31. The lowest BCUT2D eigenvalue weighted by atomic mass is 10.0. The summed E-state index contributed by atoms with van der Waals surface area (Å²) in [5, 5.41) is 8.94. The van der Waals surface area contributed by atoms with E-state index in [4.69, 9.17) is 5.11 Å². The number of carboxylic acid groups (broad SMARTS) is 1. The van der Waals surface area contributed by atoms with Crippen molar-refractivity contribution in [2.24, 2.45) is 5.92 Å². The highest BCUT2D eigenvalue weighted by Crippen LogP contribution is 2.32. The van der Waals surface area contributed by atoms with Crippen LogP contribution in [0.15, 0.2) is 0 Å². The summed E-state index contributed by atoms with van der Waals surface area (Å²) >= 11 is 0. The van der Waals surface area contributed by atoms with Crippen molar-refractivity contribution in [3.8, 4) is 0 Å². The van der Waals surface area contributed by atoms with Gasteiger partial charge in [-0.3, -0.25) is 9.59 Å². The summed E-state index contributed by atoms with van der Waals surface area (Å²) < 4.78 is 0. The first kappa shape index (κ1) is 10.1. The van der Waals surface area contributed by atoms with Gasteiger partial charge in [-0.15, -0.1) is 0 Å². The summed E-state index contributed by atoms with van der Waals surface area (Å²) in [7, 11) is 0. The molecule has 0 spiro atoms. The summed E-state index contributed by atoms with van der Waals surface area (Å²) in [5.74, 6) is -1.23. The van der Waals surface area contributed by atoms with Crippen LogP contribution in [-0.2, 0) is 14.4 Å². The second-order valence-corrected chi connectivity index (χ2v) is 4.17. The Morgan fingerprint density at radius 1 is 1.27 bits per heavy atom. The van der Waals surface area contributed by atoms with Gasteiger partial charge in [-0.25, -0.2) is 4.79 Å². The Morgan fingerprint density at radius 3 is 2.47 bits per heavy atom. The molecule has 2 aliphatic rings. The van der Waals surface area contributed by atoms with E-state index in [1.807, 2.05) is 0 Å². The third-order valence-corrected chi connectivity index (χ3v) is 2.91. The molecule has 15 heavy (non-hydrogen) atoms. The molecule has 1 saturated heterocycles. The third kappa shape index (κ3) is 2.00. The molecule has 1 unspecified atom stereocenters. The lowest BCUT2D eigenvalue weighted by Crippen LogP contribution is -2.51. The van der Waals surface area contributed by atoms with E-state index >= 15 is 0 Å². The Labute approximate surface area is 87.1 Å².